The minimum Gasteiger partial charge on any atom is -0.262 e. The van der Waals surface area contributed by atoms with Crippen LogP contribution in [0.15, 0.2) is 27.8 Å². The Morgan fingerprint density at radius 2 is 1.83 bits per heavy atom. The maximum absolute atomic E-state index is 12.2. The SMILES string of the molecule is O=S(=O)(NC1CCCCCC1)c1cncc(Br)c1. The van der Waals surface area contributed by atoms with Crippen LogP contribution < -0.4 is 4.72 Å². The van der Waals surface area contributed by atoms with Crippen molar-refractivity contribution < 1.29 is 8.42 Å². The second-order valence-corrected chi connectivity index (χ2v) is 7.28. The third kappa shape index (κ3) is 3.76. The highest BCUT2D eigenvalue weighted by molar-refractivity contribution is 9.10. The van der Waals surface area contributed by atoms with Gasteiger partial charge in [-0.15, -0.1) is 0 Å². The molecule has 0 spiro atoms. The Hall–Kier alpha value is -0.460. The molecule has 1 aliphatic rings. The first-order valence-corrected chi connectivity index (χ1v) is 8.48. The third-order valence-corrected chi connectivity index (χ3v) is 5.09. The second-order valence-electron chi connectivity index (χ2n) is 4.65. The van der Waals surface area contributed by atoms with Gasteiger partial charge in [-0.25, -0.2) is 13.1 Å². The molecule has 1 aromatic heterocycles. The molecule has 0 amide bonds. The van der Waals surface area contributed by atoms with Crippen LogP contribution in [0.1, 0.15) is 38.5 Å². The number of rotatable bonds is 3. The molecule has 0 unspecified atom stereocenters. The van der Waals surface area contributed by atoms with Crippen LogP contribution in [0.25, 0.3) is 0 Å². The molecule has 18 heavy (non-hydrogen) atoms. The summed E-state index contributed by atoms with van der Waals surface area (Å²) in [6.07, 6.45) is 9.43. The van der Waals surface area contributed by atoms with Crippen molar-refractivity contribution in [3.05, 3.63) is 22.9 Å². The summed E-state index contributed by atoms with van der Waals surface area (Å²) < 4.78 is 27.8. The summed E-state index contributed by atoms with van der Waals surface area (Å²) in [7, 11) is -3.44. The van der Waals surface area contributed by atoms with Crippen molar-refractivity contribution in [3.8, 4) is 0 Å². The molecule has 0 atom stereocenters. The van der Waals surface area contributed by atoms with E-state index in [4.69, 9.17) is 0 Å². The van der Waals surface area contributed by atoms with Crippen molar-refractivity contribution in [3.63, 3.8) is 0 Å². The maximum Gasteiger partial charge on any atom is 0.242 e. The standard InChI is InChI=1S/C12H17BrN2O2S/c13-10-7-12(9-14-8-10)18(16,17)15-11-5-3-1-2-4-6-11/h7-9,11,15H,1-6H2. The smallest absolute Gasteiger partial charge is 0.242 e. The number of aromatic nitrogens is 1. The molecule has 1 N–H and O–H groups in total. The summed E-state index contributed by atoms with van der Waals surface area (Å²) in [5, 5.41) is 0. The fourth-order valence-electron chi connectivity index (χ4n) is 2.22. The van der Waals surface area contributed by atoms with Gasteiger partial charge >= 0.3 is 0 Å². The summed E-state index contributed by atoms with van der Waals surface area (Å²) in [5.41, 5.74) is 0. The van der Waals surface area contributed by atoms with Gasteiger partial charge in [0.2, 0.25) is 10.0 Å². The number of hydrogen-bond acceptors (Lipinski definition) is 3. The predicted molar refractivity (Wildman–Crippen MR) is 73.7 cm³/mol. The van der Waals surface area contributed by atoms with Gasteiger partial charge in [0.15, 0.2) is 0 Å². The molecule has 2 rings (SSSR count). The lowest BCUT2D eigenvalue weighted by Crippen LogP contribution is -2.34. The van der Waals surface area contributed by atoms with E-state index in [-0.39, 0.29) is 10.9 Å². The second kappa shape index (κ2) is 6.12. The number of nitrogens with one attached hydrogen (secondary N) is 1. The largest absolute Gasteiger partial charge is 0.262 e. The molecule has 0 radical (unpaired) electrons. The molecule has 1 aromatic rings. The van der Waals surface area contributed by atoms with Crippen molar-refractivity contribution in [2.45, 2.75) is 49.5 Å². The summed E-state index contributed by atoms with van der Waals surface area (Å²) in [6.45, 7) is 0. The van der Waals surface area contributed by atoms with Crippen LogP contribution in [0.2, 0.25) is 0 Å². The molecule has 1 heterocycles. The van der Waals surface area contributed by atoms with Gasteiger partial charge in [-0.3, -0.25) is 4.98 Å². The van der Waals surface area contributed by atoms with E-state index in [1.54, 1.807) is 12.3 Å². The van der Waals surface area contributed by atoms with E-state index in [1.165, 1.54) is 19.0 Å². The average Bonchev–Trinajstić information content (AvgIpc) is 2.57. The summed E-state index contributed by atoms with van der Waals surface area (Å²) in [5.74, 6) is 0. The lowest BCUT2D eigenvalue weighted by atomic mass is 10.1. The Balaban J connectivity index is 2.11. The molecule has 1 aliphatic carbocycles. The summed E-state index contributed by atoms with van der Waals surface area (Å²) >= 11 is 3.24. The third-order valence-electron chi connectivity index (χ3n) is 3.17. The first kappa shape index (κ1) is 14.0. The molecule has 6 heteroatoms. The molecule has 0 aromatic carbocycles. The molecule has 1 saturated carbocycles. The van der Waals surface area contributed by atoms with Gasteiger partial charge in [-0.2, -0.15) is 0 Å². The predicted octanol–water partition coefficient (Wildman–Crippen LogP) is 2.85. The van der Waals surface area contributed by atoms with Crippen molar-refractivity contribution >= 4 is 26.0 Å². The van der Waals surface area contributed by atoms with E-state index in [9.17, 15) is 8.42 Å². The van der Waals surface area contributed by atoms with Gasteiger partial charge in [0.1, 0.15) is 4.90 Å². The molecular weight excluding hydrogens is 316 g/mol. The Labute approximate surface area is 116 Å². The average molecular weight is 333 g/mol. The maximum atomic E-state index is 12.2. The number of nitrogens with zero attached hydrogens (tertiary/aromatic N) is 1. The lowest BCUT2D eigenvalue weighted by Gasteiger charge is -2.16. The minimum absolute atomic E-state index is 0.0662. The van der Waals surface area contributed by atoms with Crippen molar-refractivity contribution in [1.82, 2.24) is 9.71 Å². The molecular formula is C12H17BrN2O2S. The number of hydrogen-bond donors (Lipinski definition) is 1. The normalized spacial score (nSPS) is 18.5. The van der Waals surface area contributed by atoms with Gasteiger partial charge in [-0.1, -0.05) is 25.7 Å². The molecule has 100 valence electrons. The van der Waals surface area contributed by atoms with Crippen LogP contribution in [-0.4, -0.2) is 19.4 Å². The Morgan fingerprint density at radius 3 is 2.44 bits per heavy atom. The van der Waals surface area contributed by atoms with Crippen molar-refractivity contribution in [1.29, 1.82) is 0 Å². The summed E-state index contributed by atoms with van der Waals surface area (Å²) in [6, 6.07) is 1.64. The number of halogens is 1. The topological polar surface area (TPSA) is 59.1 Å². The van der Waals surface area contributed by atoms with E-state index in [0.717, 1.165) is 25.7 Å². The van der Waals surface area contributed by atoms with Crippen LogP contribution in [0.3, 0.4) is 0 Å². The fourth-order valence-corrected chi connectivity index (χ4v) is 4.03. The van der Waals surface area contributed by atoms with Crippen LogP contribution >= 0.6 is 15.9 Å². The first-order chi connectivity index (χ1) is 8.58. The van der Waals surface area contributed by atoms with E-state index >= 15 is 0 Å². The first-order valence-electron chi connectivity index (χ1n) is 6.21. The van der Waals surface area contributed by atoms with Crippen LogP contribution in [-0.2, 0) is 10.0 Å². The van der Waals surface area contributed by atoms with E-state index < -0.39 is 10.0 Å². The van der Waals surface area contributed by atoms with Crippen molar-refractivity contribution in [2.75, 3.05) is 0 Å². The molecule has 4 nitrogen and oxygen atoms in total. The van der Waals surface area contributed by atoms with Crippen molar-refractivity contribution in [2.24, 2.45) is 0 Å². The Kier molecular flexibility index (Phi) is 4.75. The zero-order chi connectivity index (χ0) is 13.0. The number of pyridine rings is 1. The van der Waals surface area contributed by atoms with E-state index in [1.807, 2.05) is 0 Å². The highest BCUT2D eigenvalue weighted by Crippen LogP contribution is 2.20. The highest BCUT2D eigenvalue weighted by Gasteiger charge is 2.21. The quantitative estimate of drug-likeness (QED) is 0.866. The van der Waals surface area contributed by atoms with Crippen LogP contribution in [0.4, 0.5) is 0 Å². The number of sulfonamides is 1. The highest BCUT2D eigenvalue weighted by atomic mass is 79.9. The zero-order valence-corrected chi connectivity index (χ0v) is 12.5. The fraction of sp³-hybridized carbons (Fsp3) is 0.583. The minimum atomic E-state index is -3.44. The monoisotopic (exact) mass is 332 g/mol. The molecule has 0 aliphatic heterocycles. The van der Waals surface area contributed by atoms with Crippen LogP contribution in [0, 0.1) is 0 Å². The van der Waals surface area contributed by atoms with E-state index in [0.29, 0.717) is 4.47 Å². The van der Waals surface area contributed by atoms with Gasteiger partial charge in [0.05, 0.1) is 0 Å². The molecule has 0 saturated heterocycles. The van der Waals surface area contributed by atoms with E-state index in [2.05, 4.69) is 25.6 Å². The van der Waals surface area contributed by atoms with Gasteiger partial charge in [0.25, 0.3) is 0 Å². The summed E-state index contributed by atoms with van der Waals surface area (Å²) in [4.78, 5) is 4.12. The van der Waals surface area contributed by atoms with Gasteiger partial charge in [-0.05, 0) is 34.8 Å². The molecule has 1 fully saturated rings. The van der Waals surface area contributed by atoms with Crippen LogP contribution in [0.5, 0.6) is 0 Å². The van der Waals surface area contributed by atoms with Gasteiger partial charge in [0, 0.05) is 22.9 Å². The zero-order valence-electron chi connectivity index (χ0n) is 10.1. The Morgan fingerprint density at radius 1 is 1.17 bits per heavy atom. The van der Waals surface area contributed by atoms with Gasteiger partial charge < -0.3 is 0 Å². The lowest BCUT2D eigenvalue weighted by molar-refractivity contribution is 0.509. The Bertz CT molecular complexity index is 497. The molecule has 0 bridgehead atoms.